The average molecular weight is 381 g/mol. The van der Waals surface area contributed by atoms with Crippen LogP contribution >= 0.6 is 0 Å². The molecule has 0 spiro atoms. The maximum Gasteiger partial charge on any atom is 0.150 e. The van der Waals surface area contributed by atoms with E-state index in [1.54, 1.807) is 0 Å². The highest BCUT2D eigenvalue weighted by molar-refractivity contribution is 5.56. The van der Waals surface area contributed by atoms with E-state index in [-0.39, 0.29) is 11.5 Å². The Labute approximate surface area is 166 Å². The Morgan fingerprint density at radius 2 is 2.11 bits per heavy atom. The van der Waals surface area contributed by atoms with Gasteiger partial charge in [-0.25, -0.2) is 0 Å². The van der Waals surface area contributed by atoms with Crippen LogP contribution in [0.2, 0.25) is 0 Å². The summed E-state index contributed by atoms with van der Waals surface area (Å²) in [6.45, 7) is 7.44. The fourth-order valence-electron chi connectivity index (χ4n) is 4.02. The Balaban J connectivity index is 1.57. The molecule has 0 amide bonds. The fourth-order valence-corrected chi connectivity index (χ4v) is 4.02. The lowest BCUT2D eigenvalue weighted by Crippen LogP contribution is -2.33. The van der Waals surface area contributed by atoms with Crippen LogP contribution in [0.5, 0.6) is 17.2 Å². The summed E-state index contributed by atoms with van der Waals surface area (Å²) < 4.78 is 18.0. The number of hydrogen-bond acceptors (Lipinski definition) is 5. The molecule has 1 unspecified atom stereocenters. The summed E-state index contributed by atoms with van der Waals surface area (Å²) in [5.41, 5.74) is 3.68. The molecule has 2 aromatic rings. The second kappa shape index (κ2) is 7.46. The van der Waals surface area contributed by atoms with Crippen LogP contribution in [-0.2, 0) is 12.8 Å². The van der Waals surface area contributed by atoms with Crippen molar-refractivity contribution in [1.82, 2.24) is 0 Å². The molecule has 5 heteroatoms. The number of fused-ring (bicyclic) bond motifs is 3. The van der Waals surface area contributed by atoms with E-state index in [4.69, 9.17) is 14.2 Å². The van der Waals surface area contributed by atoms with Crippen molar-refractivity contribution in [2.45, 2.75) is 58.0 Å². The first-order chi connectivity index (χ1) is 13.5. The van der Waals surface area contributed by atoms with Crippen LogP contribution in [0.1, 0.15) is 56.2 Å². The van der Waals surface area contributed by atoms with E-state index < -0.39 is 0 Å². The standard InChI is InChI=1S/C23H27NO4/c1-4-11-26-21-8-5-15(13-19(21)24-25)17-12-16-6-7-20-18(22(16)27-14-17)9-10-23(2,3)28-20/h5-8,13,17H,4,9-12,14H2,1-3H3. The minimum absolute atomic E-state index is 0.127. The van der Waals surface area contributed by atoms with Gasteiger partial charge in [0.2, 0.25) is 0 Å². The minimum Gasteiger partial charge on any atom is -0.492 e. The highest BCUT2D eigenvalue weighted by Gasteiger charge is 2.32. The van der Waals surface area contributed by atoms with Gasteiger partial charge in [-0.05, 0) is 74.0 Å². The summed E-state index contributed by atoms with van der Waals surface area (Å²) in [6, 6.07) is 9.88. The summed E-state index contributed by atoms with van der Waals surface area (Å²) in [6.07, 6.45) is 3.72. The van der Waals surface area contributed by atoms with E-state index in [0.29, 0.717) is 24.7 Å². The van der Waals surface area contributed by atoms with Crippen molar-refractivity contribution in [3.8, 4) is 17.2 Å². The molecule has 0 N–H and O–H groups in total. The number of hydrogen-bond donors (Lipinski definition) is 0. The van der Waals surface area contributed by atoms with Gasteiger partial charge in [0, 0.05) is 11.5 Å². The Bertz CT molecular complexity index is 890. The van der Waals surface area contributed by atoms with E-state index in [2.05, 4.69) is 31.2 Å². The number of nitroso groups, excluding NO2 is 1. The van der Waals surface area contributed by atoms with Crippen LogP contribution in [0.25, 0.3) is 0 Å². The molecule has 0 saturated carbocycles. The predicted octanol–water partition coefficient (Wildman–Crippen LogP) is 5.70. The van der Waals surface area contributed by atoms with Crippen molar-refractivity contribution in [3.05, 3.63) is 51.9 Å². The van der Waals surface area contributed by atoms with Gasteiger partial charge in [0.25, 0.3) is 0 Å². The second-order valence-corrected chi connectivity index (χ2v) is 8.27. The van der Waals surface area contributed by atoms with Crippen LogP contribution in [0.4, 0.5) is 5.69 Å². The first kappa shape index (κ1) is 18.8. The van der Waals surface area contributed by atoms with E-state index >= 15 is 0 Å². The Morgan fingerprint density at radius 1 is 1.25 bits per heavy atom. The van der Waals surface area contributed by atoms with Crippen LogP contribution in [0.15, 0.2) is 35.5 Å². The van der Waals surface area contributed by atoms with Gasteiger partial charge in [-0.3, -0.25) is 0 Å². The number of nitrogens with zero attached hydrogens (tertiary/aromatic N) is 1. The van der Waals surface area contributed by atoms with Crippen molar-refractivity contribution < 1.29 is 14.2 Å². The predicted molar refractivity (Wildman–Crippen MR) is 109 cm³/mol. The molecule has 0 aliphatic carbocycles. The smallest absolute Gasteiger partial charge is 0.150 e. The Morgan fingerprint density at radius 3 is 2.89 bits per heavy atom. The van der Waals surface area contributed by atoms with Crippen molar-refractivity contribution in [2.75, 3.05) is 13.2 Å². The van der Waals surface area contributed by atoms with Crippen molar-refractivity contribution in [1.29, 1.82) is 0 Å². The molecular formula is C23H27NO4. The third-order valence-electron chi connectivity index (χ3n) is 5.57. The highest BCUT2D eigenvalue weighted by atomic mass is 16.5. The van der Waals surface area contributed by atoms with Crippen LogP contribution in [0.3, 0.4) is 0 Å². The lowest BCUT2D eigenvalue weighted by molar-refractivity contribution is 0.0827. The lowest BCUT2D eigenvalue weighted by Gasteiger charge is -2.35. The van der Waals surface area contributed by atoms with Crippen molar-refractivity contribution >= 4 is 5.69 Å². The van der Waals surface area contributed by atoms with Gasteiger partial charge in [0.15, 0.2) is 0 Å². The average Bonchev–Trinajstić information content (AvgIpc) is 2.70. The van der Waals surface area contributed by atoms with Crippen molar-refractivity contribution in [3.63, 3.8) is 0 Å². The molecule has 5 nitrogen and oxygen atoms in total. The summed E-state index contributed by atoms with van der Waals surface area (Å²) in [7, 11) is 0. The molecule has 0 aromatic heterocycles. The van der Waals surface area contributed by atoms with E-state index in [0.717, 1.165) is 42.7 Å². The molecule has 28 heavy (non-hydrogen) atoms. The molecule has 4 rings (SSSR count). The molecule has 1 atom stereocenters. The van der Waals surface area contributed by atoms with E-state index in [1.807, 2.05) is 25.1 Å². The normalized spacial score (nSPS) is 19.6. The zero-order valence-electron chi connectivity index (χ0n) is 16.8. The molecule has 148 valence electrons. The minimum atomic E-state index is -0.127. The van der Waals surface area contributed by atoms with Gasteiger partial charge in [-0.2, -0.15) is 0 Å². The number of benzene rings is 2. The maximum absolute atomic E-state index is 11.3. The molecule has 0 bridgehead atoms. The monoisotopic (exact) mass is 381 g/mol. The zero-order valence-corrected chi connectivity index (χ0v) is 16.8. The van der Waals surface area contributed by atoms with Crippen LogP contribution < -0.4 is 14.2 Å². The molecule has 0 radical (unpaired) electrons. The zero-order chi connectivity index (χ0) is 19.7. The number of rotatable bonds is 5. The summed E-state index contributed by atoms with van der Waals surface area (Å²) >= 11 is 0. The molecule has 0 fully saturated rings. The lowest BCUT2D eigenvalue weighted by atomic mass is 9.86. The van der Waals surface area contributed by atoms with E-state index in [9.17, 15) is 4.91 Å². The summed E-state index contributed by atoms with van der Waals surface area (Å²) in [5.74, 6) is 2.66. The van der Waals surface area contributed by atoms with Gasteiger partial charge in [-0.15, -0.1) is 4.91 Å². The second-order valence-electron chi connectivity index (χ2n) is 8.27. The van der Waals surface area contributed by atoms with Gasteiger partial charge in [0.1, 0.15) is 28.5 Å². The molecular weight excluding hydrogens is 354 g/mol. The molecule has 2 aliphatic heterocycles. The Hall–Kier alpha value is -2.56. The summed E-state index contributed by atoms with van der Waals surface area (Å²) in [4.78, 5) is 11.3. The summed E-state index contributed by atoms with van der Waals surface area (Å²) in [5, 5.41) is 3.16. The van der Waals surface area contributed by atoms with Gasteiger partial charge >= 0.3 is 0 Å². The van der Waals surface area contributed by atoms with Crippen LogP contribution in [-0.4, -0.2) is 18.8 Å². The molecule has 2 heterocycles. The first-order valence-electron chi connectivity index (χ1n) is 10.1. The molecule has 2 aromatic carbocycles. The van der Waals surface area contributed by atoms with Gasteiger partial charge < -0.3 is 14.2 Å². The van der Waals surface area contributed by atoms with Crippen LogP contribution in [0, 0.1) is 4.91 Å². The van der Waals surface area contributed by atoms with Crippen molar-refractivity contribution in [2.24, 2.45) is 5.18 Å². The number of ether oxygens (including phenoxy) is 3. The fraction of sp³-hybridized carbons (Fsp3) is 0.478. The highest BCUT2D eigenvalue weighted by Crippen LogP contribution is 2.44. The Kier molecular flexibility index (Phi) is 5.00. The quantitative estimate of drug-likeness (QED) is 0.624. The third kappa shape index (κ3) is 3.58. The van der Waals surface area contributed by atoms with Gasteiger partial charge in [0.05, 0.1) is 13.2 Å². The SMILES string of the molecule is CCCOc1ccc(C2COc3c(ccc4c3CCC(C)(C)O4)C2)cc1N=O. The first-order valence-corrected chi connectivity index (χ1v) is 10.1. The largest absolute Gasteiger partial charge is 0.492 e. The molecule has 2 aliphatic rings. The van der Waals surface area contributed by atoms with E-state index in [1.165, 1.54) is 11.1 Å². The van der Waals surface area contributed by atoms with Gasteiger partial charge in [-0.1, -0.05) is 19.1 Å². The molecule has 0 saturated heterocycles. The topological polar surface area (TPSA) is 57.1 Å². The third-order valence-corrected chi connectivity index (χ3v) is 5.57. The maximum atomic E-state index is 11.3.